The van der Waals surface area contributed by atoms with E-state index in [9.17, 15) is 0 Å². The van der Waals surface area contributed by atoms with Gasteiger partial charge in [0.25, 0.3) is 0 Å². The molecule has 288 valence electrons. The summed E-state index contributed by atoms with van der Waals surface area (Å²) in [7, 11) is 0. The molecule has 0 aromatic carbocycles. The van der Waals surface area contributed by atoms with Gasteiger partial charge in [0, 0.05) is 121 Å². The first-order valence-electron chi connectivity index (χ1n) is 21.5. The first kappa shape index (κ1) is 37.9. The Morgan fingerprint density at radius 1 is 0.500 bits per heavy atom. The molecule has 11 nitrogen and oxygen atoms in total. The Bertz CT molecular complexity index is 783. The summed E-state index contributed by atoms with van der Waals surface area (Å²) in [5.41, 5.74) is 0.802. The number of ether oxygens (including phenoxy) is 1. The van der Waals surface area contributed by atoms with Crippen LogP contribution in [0.3, 0.4) is 0 Å². The average molecular weight is 701 g/mol. The lowest BCUT2D eigenvalue weighted by Gasteiger charge is -2.44. The fourth-order valence-corrected chi connectivity index (χ4v) is 10.3. The van der Waals surface area contributed by atoms with Crippen LogP contribution in [0.25, 0.3) is 0 Å². The Morgan fingerprint density at radius 2 is 1.14 bits per heavy atom. The van der Waals surface area contributed by atoms with Crippen LogP contribution in [0.2, 0.25) is 0 Å². The number of hydrogen-bond acceptors (Lipinski definition) is 11. The summed E-state index contributed by atoms with van der Waals surface area (Å²) >= 11 is 0. The van der Waals surface area contributed by atoms with E-state index in [1.807, 2.05) is 0 Å². The monoisotopic (exact) mass is 701 g/mol. The van der Waals surface area contributed by atoms with Gasteiger partial charge in [-0.15, -0.1) is 0 Å². The van der Waals surface area contributed by atoms with Gasteiger partial charge in [0.15, 0.2) is 0 Å². The third-order valence-corrected chi connectivity index (χ3v) is 13.9. The Kier molecular flexibility index (Phi) is 14.6. The molecule has 0 amide bonds. The largest absolute Gasteiger partial charge is 0.379 e. The number of fused-ring (bicyclic) bond motifs is 10. The predicted molar refractivity (Wildman–Crippen MR) is 205 cm³/mol. The maximum atomic E-state index is 5.34. The highest BCUT2D eigenvalue weighted by Gasteiger charge is 2.36. The van der Waals surface area contributed by atoms with Gasteiger partial charge in [0.2, 0.25) is 0 Å². The van der Waals surface area contributed by atoms with Crippen LogP contribution in [0.5, 0.6) is 0 Å². The van der Waals surface area contributed by atoms with Gasteiger partial charge in [-0.1, -0.05) is 12.8 Å². The lowest BCUT2D eigenvalue weighted by molar-refractivity contribution is 0.0843. The van der Waals surface area contributed by atoms with Crippen LogP contribution in [0.4, 0.5) is 0 Å². The molecular formula is C39H76N10O. The van der Waals surface area contributed by atoms with Crippen LogP contribution in [-0.4, -0.2) is 151 Å². The zero-order chi connectivity index (χ0) is 33.9. The molecule has 3 saturated carbocycles. The van der Waals surface area contributed by atoms with Crippen molar-refractivity contribution in [2.45, 2.75) is 131 Å². The molecule has 3 aliphatic carbocycles. The summed E-state index contributed by atoms with van der Waals surface area (Å²) in [6, 6.07) is 4.27. The Labute approximate surface area is 304 Å². The lowest BCUT2D eigenvalue weighted by Crippen LogP contribution is -2.64. The van der Waals surface area contributed by atoms with E-state index < -0.39 is 0 Å². The molecule has 0 aromatic heterocycles. The zero-order valence-corrected chi connectivity index (χ0v) is 31.6. The molecule has 0 aromatic rings. The van der Waals surface area contributed by atoms with Crippen molar-refractivity contribution in [1.82, 2.24) is 52.8 Å². The number of hydrogen-bond donors (Lipinski definition) is 9. The van der Waals surface area contributed by atoms with Crippen LogP contribution in [0.15, 0.2) is 0 Å². The van der Waals surface area contributed by atoms with Gasteiger partial charge >= 0.3 is 0 Å². The molecule has 11 heteroatoms. The second-order valence-corrected chi connectivity index (χ2v) is 17.9. The minimum atomic E-state index is 0.290. The van der Waals surface area contributed by atoms with E-state index in [0.717, 1.165) is 81.4 Å². The second-order valence-electron chi connectivity index (χ2n) is 17.9. The van der Waals surface area contributed by atoms with E-state index in [2.05, 4.69) is 52.8 Å². The van der Waals surface area contributed by atoms with Crippen molar-refractivity contribution in [3.63, 3.8) is 0 Å². The van der Waals surface area contributed by atoms with Crippen molar-refractivity contribution in [2.75, 3.05) is 105 Å². The van der Waals surface area contributed by atoms with Crippen molar-refractivity contribution in [3.8, 4) is 0 Å². The molecule has 8 bridgehead atoms. The number of piperazine rings is 5. The molecule has 50 heavy (non-hydrogen) atoms. The maximum Gasteiger partial charge on any atom is 0.0661 e. The Hall–Kier alpha value is -0.440. The standard InChI is InChI=1S/C8H16N2.C7H14N2O.C7H13N.C6H12N2.C6H11N.C5H10N2/c1-2-4-8(3-1)7-9-5-6-10-8;1-4-10-6-7(1)5-8-2-3-9-7;1-3-7-4-2-6(1)5-8-7;1-2-6-4-7-5(1)3-8-6;1-2-7-6-3-5(1)4-6;1-2-7-3-5(4-7)6-1/h9-10H,1-7H2;8-9H,1-6H2;6-8H,1-5H2;5-8H,1-4H2;5-7H,1-4H2;5-6H,1-4H2. The minimum absolute atomic E-state index is 0.290. The molecular weight excluding hydrogens is 624 g/mol. The van der Waals surface area contributed by atoms with E-state index in [-0.39, 0.29) is 5.54 Å². The highest BCUT2D eigenvalue weighted by Crippen LogP contribution is 2.33. The summed E-state index contributed by atoms with van der Waals surface area (Å²) in [4.78, 5) is 2.47. The van der Waals surface area contributed by atoms with Crippen molar-refractivity contribution < 1.29 is 4.74 Å². The fraction of sp³-hybridized carbons (Fsp3) is 1.00. The quantitative estimate of drug-likeness (QED) is 0.178. The van der Waals surface area contributed by atoms with Gasteiger partial charge in [-0.05, 0) is 102 Å². The minimum Gasteiger partial charge on any atom is -0.379 e. The van der Waals surface area contributed by atoms with Gasteiger partial charge in [-0.25, -0.2) is 0 Å². The van der Waals surface area contributed by atoms with Crippen LogP contribution < -0.4 is 47.9 Å². The van der Waals surface area contributed by atoms with E-state index in [4.69, 9.17) is 4.74 Å². The van der Waals surface area contributed by atoms with Crippen molar-refractivity contribution in [1.29, 1.82) is 0 Å². The SMILES string of the molecule is C1CC2CC(C2)N1.C1CC2CCC1CN2.C1CC2CNC1CN2.C1CCC2(C1)CNCCN2.C1CN2CC(C2)N1.C1CNC2(CCOC2)CN1. The fourth-order valence-electron chi connectivity index (χ4n) is 10.3. The molecule has 16 aliphatic rings. The molecule has 13 aliphatic heterocycles. The molecule has 13 saturated heterocycles. The first-order valence-corrected chi connectivity index (χ1v) is 21.5. The van der Waals surface area contributed by atoms with Crippen LogP contribution in [0.1, 0.15) is 89.9 Å². The highest BCUT2D eigenvalue weighted by molar-refractivity contribution is 4.98. The normalized spacial score (nSPS) is 42.2. The lowest BCUT2D eigenvalue weighted by atomic mass is 9.75. The van der Waals surface area contributed by atoms with Crippen molar-refractivity contribution in [2.24, 2.45) is 11.8 Å². The van der Waals surface area contributed by atoms with Gasteiger partial charge in [0.1, 0.15) is 0 Å². The van der Waals surface area contributed by atoms with E-state index in [1.165, 1.54) is 155 Å². The first-order chi connectivity index (χ1) is 24.6. The van der Waals surface area contributed by atoms with E-state index in [0.29, 0.717) is 5.54 Å². The van der Waals surface area contributed by atoms with E-state index >= 15 is 0 Å². The van der Waals surface area contributed by atoms with Crippen molar-refractivity contribution in [3.05, 3.63) is 0 Å². The highest BCUT2D eigenvalue weighted by atomic mass is 16.5. The number of piperidine rings is 6. The van der Waals surface area contributed by atoms with Gasteiger partial charge in [-0.2, -0.15) is 0 Å². The molecule has 3 atom stereocenters. The summed E-state index contributed by atoms with van der Waals surface area (Å²) in [6.45, 7) is 18.7. The molecule has 16 fully saturated rings. The maximum absolute atomic E-state index is 5.34. The molecule has 13 heterocycles. The van der Waals surface area contributed by atoms with Crippen molar-refractivity contribution >= 4 is 0 Å². The topological polar surface area (TPSA) is 121 Å². The average Bonchev–Trinajstić information content (AvgIpc) is 3.85. The predicted octanol–water partition coefficient (Wildman–Crippen LogP) is 0.721. The summed E-state index contributed by atoms with van der Waals surface area (Å²) in [5, 5.41) is 31.3. The Morgan fingerprint density at radius 3 is 1.42 bits per heavy atom. The van der Waals surface area contributed by atoms with E-state index in [1.54, 1.807) is 0 Å². The third kappa shape index (κ3) is 11.3. The molecule has 0 radical (unpaired) electrons. The van der Waals surface area contributed by atoms with Crippen LogP contribution in [0, 0.1) is 11.8 Å². The molecule has 16 rings (SSSR count). The molecule has 9 N–H and O–H groups in total. The number of nitrogens with one attached hydrogen (secondary N) is 9. The second kappa shape index (κ2) is 19.2. The summed E-state index contributed by atoms with van der Waals surface area (Å²) < 4.78 is 5.34. The smallest absolute Gasteiger partial charge is 0.0661 e. The van der Waals surface area contributed by atoms with Crippen LogP contribution in [-0.2, 0) is 4.74 Å². The van der Waals surface area contributed by atoms with Crippen LogP contribution >= 0.6 is 0 Å². The Balaban J connectivity index is 0.0000000945. The number of nitrogens with zero attached hydrogens (tertiary/aromatic N) is 1. The zero-order valence-electron chi connectivity index (χ0n) is 31.6. The summed E-state index contributed by atoms with van der Waals surface area (Å²) in [6.07, 6.45) is 19.8. The molecule has 3 unspecified atom stereocenters. The van der Waals surface area contributed by atoms with Gasteiger partial charge in [0.05, 0.1) is 12.1 Å². The third-order valence-electron chi connectivity index (χ3n) is 13.9. The number of rotatable bonds is 0. The molecule has 2 spiro atoms. The summed E-state index contributed by atoms with van der Waals surface area (Å²) in [5.74, 6) is 2.16. The van der Waals surface area contributed by atoms with Gasteiger partial charge in [-0.3, -0.25) is 4.90 Å². The van der Waals surface area contributed by atoms with Gasteiger partial charge < -0.3 is 52.6 Å².